The van der Waals surface area contributed by atoms with Crippen molar-refractivity contribution in [1.29, 1.82) is 0 Å². The number of benzene rings is 1. The van der Waals surface area contributed by atoms with Crippen LogP contribution < -0.4 is 15.9 Å². The summed E-state index contributed by atoms with van der Waals surface area (Å²) in [5.41, 5.74) is 7.24. The van der Waals surface area contributed by atoms with Crippen LogP contribution in [0.1, 0.15) is 17.4 Å². The Labute approximate surface area is 226 Å². The van der Waals surface area contributed by atoms with E-state index in [4.69, 9.17) is 4.98 Å². The summed E-state index contributed by atoms with van der Waals surface area (Å²) in [6.07, 6.45) is 7.62. The summed E-state index contributed by atoms with van der Waals surface area (Å²) in [7, 11) is 4.02. The van der Waals surface area contributed by atoms with E-state index in [1.807, 2.05) is 51.5 Å². The molecule has 8 heteroatoms. The Morgan fingerprint density at radius 3 is 2.74 bits per heavy atom. The van der Waals surface area contributed by atoms with Crippen molar-refractivity contribution in [1.82, 2.24) is 30.0 Å². The average Bonchev–Trinajstić information content (AvgIpc) is 3.61. The number of para-hydroxylation sites is 1. The number of rotatable bonds is 8. The molecule has 5 rings (SSSR count). The van der Waals surface area contributed by atoms with E-state index in [1.165, 1.54) is 9.75 Å². The van der Waals surface area contributed by atoms with E-state index in [2.05, 4.69) is 74.7 Å². The minimum absolute atomic E-state index is 0.706. The second-order valence-corrected chi connectivity index (χ2v) is 10.8. The molecular weight excluding hydrogens is 490 g/mol. The third-order valence-electron chi connectivity index (χ3n) is 6.12. The number of H-pyrrole nitrogens is 2. The molecule has 3 N–H and O–H groups in total. The maximum atomic E-state index is 5.00. The van der Waals surface area contributed by atoms with Crippen molar-refractivity contribution in [3.05, 3.63) is 88.7 Å². The van der Waals surface area contributed by atoms with Gasteiger partial charge in [-0.2, -0.15) is 5.10 Å². The summed E-state index contributed by atoms with van der Waals surface area (Å²) >= 11 is 1.77. The lowest BCUT2D eigenvalue weighted by molar-refractivity contribution is 0.447. The first-order chi connectivity index (χ1) is 18.3. The van der Waals surface area contributed by atoms with Gasteiger partial charge in [0.05, 0.1) is 28.3 Å². The molecule has 0 fully saturated rings. The Balaban J connectivity index is 1.53. The van der Waals surface area contributed by atoms with Crippen molar-refractivity contribution < 1.29 is 0 Å². The SMILES string of the molecule is C=C(CN(C)C)Nc1cncc(C(=C)/C=c2/c(-c3nc4c(-c5ccc(C)s5)cccc4[nH]3)n[nH]/c2=C/C)c1. The van der Waals surface area contributed by atoms with E-state index in [0.29, 0.717) is 5.82 Å². The van der Waals surface area contributed by atoms with E-state index in [-0.39, 0.29) is 0 Å². The predicted octanol–water partition coefficient (Wildman–Crippen LogP) is 5.17. The van der Waals surface area contributed by atoms with Crippen molar-refractivity contribution in [2.45, 2.75) is 13.8 Å². The zero-order chi connectivity index (χ0) is 26.8. The second-order valence-electron chi connectivity index (χ2n) is 9.48. The zero-order valence-electron chi connectivity index (χ0n) is 22.1. The highest BCUT2D eigenvalue weighted by atomic mass is 32.1. The van der Waals surface area contributed by atoms with Gasteiger partial charge in [0.1, 0.15) is 5.69 Å². The second kappa shape index (κ2) is 10.6. The van der Waals surface area contributed by atoms with Crippen LogP contribution in [0.5, 0.6) is 0 Å². The number of imidazole rings is 1. The summed E-state index contributed by atoms with van der Waals surface area (Å²) in [4.78, 5) is 17.4. The van der Waals surface area contributed by atoms with Crippen LogP contribution in [-0.2, 0) is 0 Å². The highest BCUT2D eigenvalue weighted by Crippen LogP contribution is 2.33. The van der Waals surface area contributed by atoms with Crippen molar-refractivity contribution in [2.75, 3.05) is 26.0 Å². The number of aromatic nitrogens is 5. The summed E-state index contributed by atoms with van der Waals surface area (Å²) in [5, 5.41) is 12.9. The molecule has 0 amide bonds. The number of nitrogens with zero attached hydrogens (tertiary/aromatic N) is 4. The highest BCUT2D eigenvalue weighted by molar-refractivity contribution is 7.15. The molecule has 1 aromatic carbocycles. The van der Waals surface area contributed by atoms with E-state index in [0.717, 1.165) is 61.9 Å². The monoisotopic (exact) mass is 521 g/mol. The van der Waals surface area contributed by atoms with Crippen LogP contribution in [0, 0.1) is 6.92 Å². The fourth-order valence-electron chi connectivity index (χ4n) is 4.40. The first-order valence-corrected chi connectivity index (χ1v) is 13.2. The molecule has 4 heterocycles. The molecule has 0 aliphatic rings. The number of fused-ring (bicyclic) bond motifs is 1. The van der Waals surface area contributed by atoms with Gasteiger partial charge >= 0.3 is 0 Å². The Morgan fingerprint density at radius 2 is 2.00 bits per heavy atom. The third-order valence-corrected chi connectivity index (χ3v) is 7.15. The topological polar surface area (TPSA) is 85.5 Å². The van der Waals surface area contributed by atoms with Crippen LogP contribution in [0.2, 0.25) is 0 Å². The molecule has 38 heavy (non-hydrogen) atoms. The van der Waals surface area contributed by atoms with E-state index >= 15 is 0 Å². The summed E-state index contributed by atoms with van der Waals surface area (Å²) < 4.78 is 0. The lowest BCUT2D eigenvalue weighted by Crippen LogP contribution is -2.23. The minimum Gasteiger partial charge on any atom is -0.357 e. The number of likely N-dealkylation sites (N-methyl/N-ethyl adjacent to an activating group) is 1. The maximum Gasteiger partial charge on any atom is 0.159 e. The van der Waals surface area contributed by atoms with Crippen LogP contribution in [0.3, 0.4) is 0 Å². The van der Waals surface area contributed by atoms with Gasteiger partial charge in [0.25, 0.3) is 0 Å². The number of hydrogen-bond donors (Lipinski definition) is 3. The molecule has 0 aliphatic heterocycles. The van der Waals surface area contributed by atoms with Gasteiger partial charge in [-0.05, 0) is 63.9 Å². The first-order valence-electron chi connectivity index (χ1n) is 12.3. The van der Waals surface area contributed by atoms with Gasteiger partial charge in [-0.15, -0.1) is 11.3 Å². The number of aromatic amines is 2. The van der Waals surface area contributed by atoms with Crippen molar-refractivity contribution in [3.8, 4) is 22.0 Å². The van der Waals surface area contributed by atoms with Gasteiger partial charge in [0.2, 0.25) is 0 Å². The molecule has 0 radical (unpaired) electrons. The smallest absolute Gasteiger partial charge is 0.159 e. The summed E-state index contributed by atoms with van der Waals surface area (Å²) in [6.45, 7) is 13.3. The molecule has 192 valence electrons. The average molecular weight is 522 g/mol. The van der Waals surface area contributed by atoms with Crippen LogP contribution in [-0.4, -0.2) is 50.7 Å². The molecule has 0 atom stereocenters. The van der Waals surface area contributed by atoms with Crippen LogP contribution >= 0.6 is 11.3 Å². The largest absolute Gasteiger partial charge is 0.357 e. The van der Waals surface area contributed by atoms with Gasteiger partial charge in [-0.25, -0.2) is 4.98 Å². The lowest BCUT2D eigenvalue weighted by Gasteiger charge is -2.14. The zero-order valence-corrected chi connectivity index (χ0v) is 22.9. The van der Waals surface area contributed by atoms with Gasteiger partial charge in [0.15, 0.2) is 5.82 Å². The molecular formula is C30H31N7S. The molecule has 0 spiro atoms. The lowest BCUT2D eigenvalue weighted by atomic mass is 10.1. The Hall–Kier alpha value is -4.27. The molecule has 0 unspecified atom stereocenters. The van der Waals surface area contributed by atoms with Gasteiger partial charge < -0.3 is 15.2 Å². The molecule has 4 aromatic heterocycles. The van der Waals surface area contributed by atoms with Crippen molar-refractivity contribution in [3.63, 3.8) is 0 Å². The van der Waals surface area contributed by atoms with E-state index < -0.39 is 0 Å². The fraction of sp³-hybridized carbons (Fsp3) is 0.167. The van der Waals surface area contributed by atoms with Crippen molar-refractivity contribution >= 4 is 45.8 Å². The standard InChI is InChI=1S/C30H31N7S/c1-7-25-24(13-18(2)21-14-22(16-31-15-21)32-19(3)17-37(5)6)29(36-35-25)30-33-26-10-8-9-23(28(26)34-30)27-12-11-20(4)38-27/h7-16,32,35H,2-3,17H2,1,4-6H3,(H,33,34)/b24-13+,25-7+. The van der Waals surface area contributed by atoms with E-state index in [1.54, 1.807) is 17.5 Å². The third kappa shape index (κ3) is 5.22. The van der Waals surface area contributed by atoms with Gasteiger partial charge in [0, 0.05) is 44.5 Å². The number of anilines is 1. The number of nitrogens with one attached hydrogen (secondary N) is 3. The van der Waals surface area contributed by atoms with Crippen molar-refractivity contribution in [2.24, 2.45) is 0 Å². The normalized spacial score (nSPS) is 12.6. The quantitative estimate of drug-likeness (QED) is 0.262. The van der Waals surface area contributed by atoms with Gasteiger partial charge in [-0.1, -0.05) is 31.4 Å². The number of pyridine rings is 1. The molecule has 7 nitrogen and oxygen atoms in total. The Bertz CT molecular complexity index is 1770. The Morgan fingerprint density at radius 1 is 1.16 bits per heavy atom. The van der Waals surface area contributed by atoms with Crippen LogP contribution in [0.4, 0.5) is 5.69 Å². The molecule has 5 aromatic rings. The van der Waals surface area contributed by atoms with Gasteiger partial charge in [-0.3, -0.25) is 10.1 Å². The summed E-state index contributed by atoms with van der Waals surface area (Å²) in [5.74, 6) is 0.706. The minimum atomic E-state index is 0.706. The predicted molar refractivity (Wildman–Crippen MR) is 160 cm³/mol. The fourth-order valence-corrected chi connectivity index (χ4v) is 5.29. The molecule has 0 saturated heterocycles. The maximum absolute atomic E-state index is 5.00. The number of thiophene rings is 1. The molecule has 0 saturated carbocycles. The summed E-state index contributed by atoms with van der Waals surface area (Å²) in [6, 6.07) is 12.5. The van der Waals surface area contributed by atoms with Crippen LogP contribution in [0.25, 0.3) is 50.7 Å². The first kappa shape index (κ1) is 25.4. The highest BCUT2D eigenvalue weighted by Gasteiger charge is 2.15. The van der Waals surface area contributed by atoms with Crippen LogP contribution in [0.15, 0.2) is 67.6 Å². The van der Waals surface area contributed by atoms with E-state index in [9.17, 15) is 0 Å². The number of allylic oxidation sites excluding steroid dienone is 1. The molecule has 0 aliphatic carbocycles. The molecule has 0 bridgehead atoms. The number of aryl methyl sites for hydroxylation is 1. The number of hydrogen-bond acceptors (Lipinski definition) is 6. The Kier molecular flexibility index (Phi) is 7.09.